The van der Waals surface area contributed by atoms with E-state index in [1.54, 1.807) is 12.1 Å². The van der Waals surface area contributed by atoms with Gasteiger partial charge in [-0.05, 0) is 30.2 Å². The molecule has 0 radical (unpaired) electrons. The number of aromatic nitrogens is 1. The number of phenols is 1. The van der Waals surface area contributed by atoms with Gasteiger partial charge >= 0.3 is 11.9 Å². The molecule has 11 nitrogen and oxygen atoms in total. The summed E-state index contributed by atoms with van der Waals surface area (Å²) in [5.74, 6) is -3.32. The highest BCUT2D eigenvalue weighted by molar-refractivity contribution is 5.85. The van der Waals surface area contributed by atoms with E-state index in [-0.39, 0.29) is 11.7 Å². The Morgan fingerprint density at radius 3 is 2.25 bits per heavy atom. The highest BCUT2D eigenvalue weighted by Crippen LogP contribution is 2.22. The van der Waals surface area contributed by atoms with Crippen molar-refractivity contribution in [2.24, 2.45) is 5.73 Å². The Morgan fingerprint density at radius 2 is 1.71 bits per heavy atom. The number of aliphatic carboxylic acids is 2. The van der Waals surface area contributed by atoms with Crippen molar-refractivity contribution < 1.29 is 39.9 Å². The molecule has 0 fully saturated rings. The minimum absolute atomic E-state index is 0.0276. The lowest BCUT2D eigenvalue weighted by Crippen LogP contribution is -2.39. The normalized spacial score (nSPS) is 12.5. The van der Waals surface area contributed by atoms with Gasteiger partial charge in [-0.1, -0.05) is 0 Å². The van der Waals surface area contributed by atoms with Gasteiger partial charge in [-0.2, -0.15) is 0 Å². The van der Waals surface area contributed by atoms with Crippen LogP contribution in [-0.4, -0.2) is 73.7 Å². The van der Waals surface area contributed by atoms with Crippen LogP contribution in [0.1, 0.15) is 12.0 Å². The van der Waals surface area contributed by atoms with Gasteiger partial charge in [0.05, 0.1) is 0 Å². The summed E-state index contributed by atoms with van der Waals surface area (Å²) >= 11 is 0. The van der Waals surface area contributed by atoms with Gasteiger partial charge in [0.2, 0.25) is 5.91 Å². The Kier molecular flexibility index (Phi) is 8.88. The number of carbonyl (C=O) groups excluding carboxylic acids is 1. The van der Waals surface area contributed by atoms with E-state index in [1.165, 1.54) is 0 Å². The lowest BCUT2D eigenvalue weighted by Gasteiger charge is -2.07. The van der Waals surface area contributed by atoms with Crippen molar-refractivity contribution in [3.05, 3.63) is 30.0 Å². The van der Waals surface area contributed by atoms with Crippen LogP contribution in [0.5, 0.6) is 5.75 Å². The van der Waals surface area contributed by atoms with Crippen LogP contribution in [0, 0.1) is 0 Å². The van der Waals surface area contributed by atoms with Crippen LogP contribution in [0.4, 0.5) is 0 Å². The molecule has 28 heavy (non-hydrogen) atoms. The molecule has 154 valence electrons. The molecule has 0 saturated carbocycles. The third-order valence-electron chi connectivity index (χ3n) is 3.64. The van der Waals surface area contributed by atoms with Crippen molar-refractivity contribution in [2.45, 2.75) is 25.0 Å². The molecule has 1 aromatic heterocycles. The van der Waals surface area contributed by atoms with E-state index in [9.17, 15) is 19.5 Å². The Hall–Kier alpha value is -3.15. The number of fused-ring (bicyclic) bond motifs is 1. The number of hydrogen-bond donors (Lipinski definition) is 8. The Labute approximate surface area is 159 Å². The van der Waals surface area contributed by atoms with Crippen LogP contribution in [0.3, 0.4) is 0 Å². The Balaban J connectivity index is 0.000000336. The molecule has 2 aromatic rings. The zero-order valence-electron chi connectivity index (χ0n) is 14.8. The van der Waals surface area contributed by atoms with E-state index in [0.717, 1.165) is 22.9 Å². The molecule has 1 amide bonds. The van der Waals surface area contributed by atoms with Crippen LogP contribution < -0.4 is 11.1 Å². The second-order valence-corrected chi connectivity index (χ2v) is 5.75. The lowest BCUT2D eigenvalue weighted by molar-refractivity contribution is -0.165. The maximum absolute atomic E-state index is 11.3. The first kappa shape index (κ1) is 22.9. The zero-order chi connectivity index (χ0) is 21.3. The van der Waals surface area contributed by atoms with E-state index in [1.807, 2.05) is 12.3 Å². The van der Waals surface area contributed by atoms with Crippen molar-refractivity contribution in [1.29, 1.82) is 0 Å². The predicted octanol–water partition coefficient (Wildman–Crippen LogP) is -1.24. The van der Waals surface area contributed by atoms with E-state index in [0.29, 0.717) is 19.5 Å². The minimum atomic E-state index is -2.27. The summed E-state index contributed by atoms with van der Waals surface area (Å²) in [6.45, 7) is 0.939. The molecular weight excluding hydrogens is 374 g/mol. The summed E-state index contributed by atoms with van der Waals surface area (Å²) in [5.41, 5.74) is 7.35. The number of aromatic hydroxyl groups is 1. The molecule has 0 spiro atoms. The number of nitrogens with two attached hydrogens (primary N) is 1. The SMILES string of the molecule is NCCC(=O)NCCc1c[nH]c2ccc(O)cc12.O=C(O)[C@H](O)[C@@H](O)C(=O)O. The second kappa shape index (κ2) is 10.9. The van der Waals surface area contributed by atoms with Crippen LogP contribution in [-0.2, 0) is 20.8 Å². The summed E-state index contributed by atoms with van der Waals surface area (Å²) in [5, 5.41) is 45.8. The van der Waals surface area contributed by atoms with Crippen molar-refractivity contribution in [3.8, 4) is 5.75 Å². The van der Waals surface area contributed by atoms with Crippen molar-refractivity contribution in [1.82, 2.24) is 10.3 Å². The number of aliphatic hydroxyl groups excluding tert-OH is 2. The fraction of sp³-hybridized carbons (Fsp3) is 0.353. The number of carboxylic acid groups (broad SMARTS) is 2. The Bertz CT molecular complexity index is 802. The first-order valence-corrected chi connectivity index (χ1v) is 8.24. The number of aliphatic hydroxyl groups is 2. The monoisotopic (exact) mass is 397 g/mol. The lowest BCUT2D eigenvalue weighted by atomic mass is 10.1. The molecule has 11 heteroatoms. The number of aromatic amines is 1. The number of amides is 1. The van der Waals surface area contributed by atoms with Crippen molar-refractivity contribution in [2.75, 3.05) is 13.1 Å². The maximum atomic E-state index is 11.3. The summed E-state index contributed by atoms with van der Waals surface area (Å²) < 4.78 is 0. The van der Waals surface area contributed by atoms with Crippen LogP contribution >= 0.6 is 0 Å². The number of nitrogens with one attached hydrogen (secondary N) is 2. The van der Waals surface area contributed by atoms with Crippen LogP contribution in [0.15, 0.2) is 24.4 Å². The average molecular weight is 397 g/mol. The number of carboxylic acids is 2. The summed E-state index contributed by atoms with van der Waals surface area (Å²) in [4.78, 5) is 33.9. The Morgan fingerprint density at radius 1 is 1.11 bits per heavy atom. The summed E-state index contributed by atoms with van der Waals surface area (Å²) in [6, 6.07) is 5.20. The first-order valence-electron chi connectivity index (χ1n) is 8.24. The van der Waals surface area contributed by atoms with E-state index in [2.05, 4.69) is 10.3 Å². The number of benzene rings is 1. The average Bonchev–Trinajstić information content (AvgIpc) is 3.03. The van der Waals surface area contributed by atoms with Gasteiger partial charge in [-0.15, -0.1) is 0 Å². The van der Waals surface area contributed by atoms with Crippen molar-refractivity contribution in [3.63, 3.8) is 0 Å². The molecule has 0 aliphatic rings. The number of rotatable bonds is 8. The van der Waals surface area contributed by atoms with Gasteiger partial charge in [0.15, 0.2) is 12.2 Å². The van der Waals surface area contributed by atoms with Gasteiger partial charge in [0.1, 0.15) is 5.75 Å². The van der Waals surface area contributed by atoms with E-state index < -0.39 is 24.1 Å². The first-order chi connectivity index (χ1) is 13.2. The molecule has 0 aliphatic carbocycles. The molecule has 2 atom stereocenters. The number of hydrogen-bond acceptors (Lipinski definition) is 7. The fourth-order valence-electron chi connectivity index (χ4n) is 2.20. The molecule has 0 aliphatic heterocycles. The highest BCUT2D eigenvalue weighted by atomic mass is 16.4. The number of H-pyrrole nitrogens is 1. The van der Waals surface area contributed by atoms with Gasteiger partial charge in [-0.25, -0.2) is 9.59 Å². The highest BCUT2D eigenvalue weighted by Gasteiger charge is 2.29. The van der Waals surface area contributed by atoms with E-state index in [4.69, 9.17) is 26.2 Å². The largest absolute Gasteiger partial charge is 0.508 e. The standard InChI is InChI=1S/C13H17N3O2.C4H6O6/c14-5-3-13(18)15-6-4-9-8-16-12-2-1-10(17)7-11(9)12;5-1(3(7)8)2(6)4(9)10/h1-2,7-8,16-17H,3-6,14H2,(H,15,18);1-2,5-6H,(H,7,8)(H,9,10)/t;1-,2-/m.1/s1. The predicted molar refractivity (Wildman–Crippen MR) is 97.6 cm³/mol. The minimum Gasteiger partial charge on any atom is -0.508 e. The number of phenolic OH excluding ortho intramolecular Hbond substituents is 1. The maximum Gasteiger partial charge on any atom is 0.335 e. The van der Waals surface area contributed by atoms with Gasteiger partial charge in [0, 0.05) is 36.6 Å². The second-order valence-electron chi connectivity index (χ2n) is 5.75. The number of carbonyl (C=O) groups is 3. The zero-order valence-corrected chi connectivity index (χ0v) is 14.8. The molecule has 1 heterocycles. The molecular formula is C17H23N3O8. The molecule has 9 N–H and O–H groups in total. The molecule has 0 saturated heterocycles. The van der Waals surface area contributed by atoms with Gasteiger partial charge in [-0.3, -0.25) is 4.79 Å². The molecule has 0 bridgehead atoms. The third kappa shape index (κ3) is 6.87. The molecule has 0 unspecified atom stereocenters. The summed E-state index contributed by atoms with van der Waals surface area (Å²) in [7, 11) is 0. The van der Waals surface area contributed by atoms with E-state index >= 15 is 0 Å². The smallest absolute Gasteiger partial charge is 0.335 e. The quantitative estimate of drug-likeness (QED) is 0.267. The van der Waals surface area contributed by atoms with Crippen molar-refractivity contribution >= 4 is 28.7 Å². The van der Waals surface area contributed by atoms with Gasteiger partial charge in [0.25, 0.3) is 0 Å². The summed E-state index contributed by atoms with van der Waals surface area (Å²) in [6.07, 6.45) is -1.55. The fourth-order valence-corrected chi connectivity index (χ4v) is 2.20. The molecule has 1 aromatic carbocycles. The van der Waals surface area contributed by atoms with Gasteiger partial charge < -0.3 is 41.6 Å². The van der Waals surface area contributed by atoms with Crippen LogP contribution in [0.25, 0.3) is 10.9 Å². The third-order valence-corrected chi connectivity index (χ3v) is 3.64. The molecule has 2 rings (SSSR count). The van der Waals surface area contributed by atoms with Crippen LogP contribution in [0.2, 0.25) is 0 Å². The topological polar surface area (TPSA) is 206 Å².